The molecule has 26 heavy (non-hydrogen) atoms. The summed E-state index contributed by atoms with van der Waals surface area (Å²) < 4.78 is 6.02. The van der Waals surface area contributed by atoms with Gasteiger partial charge in [-0.15, -0.1) is 24.0 Å². The Hall–Kier alpha value is -1.22. The largest absolute Gasteiger partial charge is 0.487 e. The van der Waals surface area contributed by atoms with Gasteiger partial charge in [0, 0.05) is 33.1 Å². The summed E-state index contributed by atoms with van der Waals surface area (Å²) in [5, 5.41) is 3.95. The molecule has 0 saturated carbocycles. The van der Waals surface area contributed by atoms with E-state index in [1.54, 1.807) is 19.0 Å². The van der Waals surface area contributed by atoms with Gasteiger partial charge in [0.15, 0.2) is 5.96 Å². The number of benzene rings is 1. The number of ether oxygens (including phenoxy) is 1. The van der Waals surface area contributed by atoms with E-state index in [4.69, 9.17) is 16.3 Å². The molecule has 1 aromatic rings. The zero-order valence-electron chi connectivity index (χ0n) is 15.7. The predicted octanol–water partition coefficient (Wildman–Crippen LogP) is 2.85. The first-order valence-electron chi connectivity index (χ1n) is 8.54. The van der Waals surface area contributed by atoms with E-state index in [0.29, 0.717) is 17.3 Å². The Morgan fingerprint density at radius 1 is 1.42 bits per heavy atom. The smallest absolute Gasteiger partial charge is 0.243 e. The van der Waals surface area contributed by atoms with Gasteiger partial charge in [-0.1, -0.05) is 23.7 Å². The highest BCUT2D eigenvalue weighted by Gasteiger charge is 2.27. The van der Waals surface area contributed by atoms with Gasteiger partial charge in [-0.05, 0) is 26.0 Å². The minimum atomic E-state index is -0.0221. The molecule has 1 saturated heterocycles. The number of nitrogens with one attached hydrogen (secondary N) is 1. The number of aliphatic imine (C=N–C) groups is 1. The predicted molar refractivity (Wildman–Crippen MR) is 117 cm³/mol. The van der Waals surface area contributed by atoms with Gasteiger partial charge in [0.05, 0.1) is 11.6 Å². The molecule has 1 unspecified atom stereocenters. The van der Waals surface area contributed by atoms with Gasteiger partial charge in [-0.25, -0.2) is 4.99 Å². The van der Waals surface area contributed by atoms with Crippen molar-refractivity contribution in [1.82, 2.24) is 15.1 Å². The van der Waals surface area contributed by atoms with Crippen LogP contribution in [-0.4, -0.2) is 67.5 Å². The van der Waals surface area contributed by atoms with Gasteiger partial charge in [0.1, 0.15) is 18.4 Å². The summed E-state index contributed by atoms with van der Waals surface area (Å²) in [5.74, 6) is 1.43. The molecule has 6 nitrogen and oxygen atoms in total. The highest BCUT2D eigenvalue weighted by atomic mass is 127. The van der Waals surface area contributed by atoms with E-state index in [-0.39, 0.29) is 48.6 Å². The maximum Gasteiger partial charge on any atom is 0.243 e. The number of hydrogen-bond acceptors (Lipinski definition) is 3. The third-order valence-corrected chi connectivity index (χ3v) is 4.17. The third kappa shape index (κ3) is 6.83. The molecule has 1 atom stereocenters. The fourth-order valence-corrected chi connectivity index (χ4v) is 2.70. The summed E-state index contributed by atoms with van der Waals surface area (Å²) in [7, 11) is 3.47. The molecule has 0 spiro atoms. The molecule has 1 aromatic carbocycles. The SMILES string of the molecule is CC(C)NC(=NCC(=O)N(C)C)N1CCC(Oc2ccccc2Cl)C1.I. The van der Waals surface area contributed by atoms with E-state index in [0.717, 1.165) is 18.9 Å². The zero-order chi connectivity index (χ0) is 18.4. The van der Waals surface area contributed by atoms with Crippen LogP contribution in [0.1, 0.15) is 20.3 Å². The summed E-state index contributed by atoms with van der Waals surface area (Å²) in [4.78, 5) is 20.0. The number of likely N-dealkylation sites (N-methyl/N-ethyl adjacent to an activating group) is 1. The first-order valence-corrected chi connectivity index (χ1v) is 8.92. The number of nitrogens with zero attached hydrogens (tertiary/aromatic N) is 3. The quantitative estimate of drug-likeness (QED) is 0.389. The normalized spacial score (nSPS) is 17.1. The molecule has 1 N–H and O–H groups in total. The summed E-state index contributed by atoms with van der Waals surface area (Å²) in [6.45, 7) is 5.77. The summed E-state index contributed by atoms with van der Waals surface area (Å²) >= 11 is 6.17. The lowest BCUT2D eigenvalue weighted by Gasteiger charge is -2.24. The summed E-state index contributed by atoms with van der Waals surface area (Å²) in [6, 6.07) is 7.73. The zero-order valence-corrected chi connectivity index (χ0v) is 18.8. The maximum atomic E-state index is 11.8. The van der Waals surface area contributed by atoms with Crippen molar-refractivity contribution in [2.75, 3.05) is 33.7 Å². The Morgan fingerprint density at radius 2 is 2.12 bits per heavy atom. The molecule has 0 bridgehead atoms. The van der Waals surface area contributed by atoms with Crippen LogP contribution in [0.25, 0.3) is 0 Å². The fourth-order valence-electron chi connectivity index (χ4n) is 2.52. The van der Waals surface area contributed by atoms with E-state index < -0.39 is 0 Å². The van der Waals surface area contributed by atoms with Crippen LogP contribution in [0.3, 0.4) is 0 Å². The molecule has 1 fully saturated rings. The Balaban J connectivity index is 0.00000338. The average Bonchev–Trinajstić information content (AvgIpc) is 3.01. The van der Waals surface area contributed by atoms with Crippen molar-refractivity contribution in [2.45, 2.75) is 32.4 Å². The van der Waals surface area contributed by atoms with Crippen molar-refractivity contribution in [3.8, 4) is 5.75 Å². The molecular weight excluding hydrogens is 467 g/mol. The van der Waals surface area contributed by atoms with Crippen LogP contribution in [0.5, 0.6) is 5.75 Å². The summed E-state index contributed by atoms with van der Waals surface area (Å²) in [5.41, 5.74) is 0. The number of hydrogen-bond donors (Lipinski definition) is 1. The molecule has 1 amide bonds. The van der Waals surface area contributed by atoms with Crippen LogP contribution in [0, 0.1) is 0 Å². The maximum absolute atomic E-state index is 11.8. The van der Waals surface area contributed by atoms with Crippen LogP contribution in [0.4, 0.5) is 0 Å². The van der Waals surface area contributed by atoms with Crippen LogP contribution in [0.2, 0.25) is 5.02 Å². The van der Waals surface area contributed by atoms with Crippen molar-refractivity contribution in [2.24, 2.45) is 4.99 Å². The second-order valence-corrected chi connectivity index (χ2v) is 7.04. The second kappa shape index (κ2) is 10.8. The van der Waals surface area contributed by atoms with E-state index >= 15 is 0 Å². The number of amides is 1. The molecular formula is C18H28ClIN4O2. The third-order valence-electron chi connectivity index (χ3n) is 3.86. The van der Waals surface area contributed by atoms with Crippen LogP contribution >= 0.6 is 35.6 Å². The van der Waals surface area contributed by atoms with E-state index in [1.165, 1.54) is 0 Å². The number of likely N-dealkylation sites (tertiary alicyclic amines) is 1. The van der Waals surface area contributed by atoms with Crippen molar-refractivity contribution >= 4 is 47.4 Å². The number of carbonyl (C=O) groups is 1. The Kier molecular flexibility index (Phi) is 9.49. The molecule has 0 aliphatic carbocycles. The van der Waals surface area contributed by atoms with Crippen molar-refractivity contribution in [3.63, 3.8) is 0 Å². The Bertz CT molecular complexity index is 625. The monoisotopic (exact) mass is 494 g/mol. The highest BCUT2D eigenvalue weighted by molar-refractivity contribution is 14.0. The van der Waals surface area contributed by atoms with Gasteiger partial charge in [0.2, 0.25) is 5.91 Å². The van der Waals surface area contributed by atoms with Gasteiger partial charge < -0.3 is 19.9 Å². The van der Waals surface area contributed by atoms with Crippen molar-refractivity contribution in [3.05, 3.63) is 29.3 Å². The van der Waals surface area contributed by atoms with E-state index in [9.17, 15) is 4.79 Å². The van der Waals surface area contributed by atoms with Crippen LogP contribution < -0.4 is 10.1 Å². The molecule has 1 aliphatic rings. The van der Waals surface area contributed by atoms with Gasteiger partial charge in [-0.3, -0.25) is 4.79 Å². The number of halogens is 2. The van der Waals surface area contributed by atoms with E-state index in [1.807, 2.05) is 24.3 Å². The van der Waals surface area contributed by atoms with Crippen molar-refractivity contribution in [1.29, 1.82) is 0 Å². The van der Waals surface area contributed by atoms with E-state index in [2.05, 4.69) is 29.1 Å². The number of rotatable bonds is 5. The molecule has 146 valence electrons. The minimum absolute atomic E-state index is 0. The minimum Gasteiger partial charge on any atom is -0.487 e. The second-order valence-electron chi connectivity index (χ2n) is 6.63. The lowest BCUT2D eigenvalue weighted by atomic mass is 10.3. The Labute approximate surface area is 177 Å². The number of guanidine groups is 1. The topological polar surface area (TPSA) is 57.2 Å². The lowest BCUT2D eigenvalue weighted by Crippen LogP contribution is -2.44. The highest BCUT2D eigenvalue weighted by Crippen LogP contribution is 2.26. The summed E-state index contributed by atoms with van der Waals surface area (Å²) in [6.07, 6.45) is 0.926. The number of para-hydroxylation sites is 1. The number of carbonyl (C=O) groups excluding carboxylic acids is 1. The van der Waals surface area contributed by atoms with Crippen molar-refractivity contribution < 1.29 is 9.53 Å². The molecule has 0 aromatic heterocycles. The standard InChI is InChI=1S/C18H27ClN4O2.HI/c1-13(2)21-18(20-11-17(24)22(3)4)23-10-9-14(12-23)25-16-8-6-5-7-15(16)19;/h5-8,13-14H,9-12H2,1-4H3,(H,20,21);1H. The Morgan fingerprint density at radius 3 is 2.73 bits per heavy atom. The molecule has 8 heteroatoms. The fraction of sp³-hybridized carbons (Fsp3) is 0.556. The lowest BCUT2D eigenvalue weighted by molar-refractivity contribution is -0.127. The first kappa shape index (κ1) is 22.8. The van der Waals surface area contributed by atoms with Crippen LogP contribution in [-0.2, 0) is 4.79 Å². The average molecular weight is 495 g/mol. The molecule has 1 aliphatic heterocycles. The molecule has 0 radical (unpaired) electrons. The van der Waals surface area contributed by atoms with Gasteiger partial charge in [0.25, 0.3) is 0 Å². The van der Waals surface area contributed by atoms with Crippen LogP contribution in [0.15, 0.2) is 29.3 Å². The first-order chi connectivity index (χ1) is 11.9. The molecule has 2 rings (SSSR count). The molecule has 1 heterocycles. The van der Waals surface area contributed by atoms with Gasteiger partial charge >= 0.3 is 0 Å². The van der Waals surface area contributed by atoms with Gasteiger partial charge in [-0.2, -0.15) is 0 Å².